The number of thioether (sulfide) groups is 1. The number of anilines is 1. The van der Waals surface area contributed by atoms with E-state index in [4.69, 9.17) is 11.6 Å². The van der Waals surface area contributed by atoms with Crippen molar-refractivity contribution in [1.29, 1.82) is 0 Å². The third-order valence-corrected chi connectivity index (χ3v) is 5.70. The second kappa shape index (κ2) is 9.63. The van der Waals surface area contributed by atoms with Crippen LogP contribution in [0.25, 0.3) is 0 Å². The summed E-state index contributed by atoms with van der Waals surface area (Å²) in [5.41, 5.74) is 1.36. The average molecular weight is 437 g/mol. The summed E-state index contributed by atoms with van der Waals surface area (Å²) in [5.74, 6) is -0.852. The topological polar surface area (TPSA) is 84.0 Å². The monoisotopic (exact) mass is 436 g/mol. The lowest BCUT2D eigenvalue weighted by Crippen LogP contribution is -2.24. The Morgan fingerprint density at radius 2 is 1.93 bits per heavy atom. The van der Waals surface area contributed by atoms with Gasteiger partial charge >= 0.3 is 0 Å². The van der Waals surface area contributed by atoms with Gasteiger partial charge < -0.3 is 10.6 Å². The molecule has 0 spiro atoms. The smallest absolute Gasteiger partial charge is 0.286 e. The van der Waals surface area contributed by atoms with Gasteiger partial charge in [0.25, 0.3) is 5.91 Å². The number of carbonyl (C=O) groups excluding carboxylic acids is 2. The lowest BCUT2D eigenvalue weighted by molar-refractivity contribution is -0.118. The fourth-order valence-electron chi connectivity index (χ4n) is 2.10. The summed E-state index contributed by atoms with van der Waals surface area (Å²) in [5, 5.41) is 13.9. The zero-order chi connectivity index (χ0) is 19.9. The van der Waals surface area contributed by atoms with Gasteiger partial charge in [-0.15, -0.1) is 10.2 Å². The molecule has 3 rings (SSSR count). The quantitative estimate of drug-likeness (QED) is 0.547. The molecule has 10 heteroatoms. The van der Waals surface area contributed by atoms with Crippen LogP contribution < -0.4 is 10.6 Å². The maximum absolute atomic E-state index is 12.9. The molecule has 0 atom stereocenters. The van der Waals surface area contributed by atoms with E-state index in [9.17, 15) is 14.0 Å². The Balaban J connectivity index is 1.46. The molecule has 0 radical (unpaired) electrons. The highest BCUT2D eigenvalue weighted by Gasteiger charge is 2.14. The lowest BCUT2D eigenvalue weighted by atomic mass is 10.2. The number of halogens is 2. The highest BCUT2D eigenvalue weighted by atomic mass is 35.5. The van der Waals surface area contributed by atoms with Gasteiger partial charge in [0.05, 0.1) is 5.75 Å². The predicted octanol–water partition coefficient (Wildman–Crippen LogP) is 3.99. The first kappa shape index (κ1) is 20.2. The molecule has 6 nitrogen and oxygen atoms in total. The van der Waals surface area contributed by atoms with Crippen LogP contribution in [0.5, 0.6) is 0 Å². The number of hydrogen-bond acceptors (Lipinski definition) is 6. The van der Waals surface area contributed by atoms with Crippen LogP contribution in [0.2, 0.25) is 5.02 Å². The Bertz CT molecular complexity index is 982. The minimum Gasteiger partial charge on any atom is -0.351 e. The SMILES string of the molecule is O=C(CSc1nnc(C(=O)Nc2ccc(F)cc2)s1)NCc1cccc(Cl)c1. The molecule has 28 heavy (non-hydrogen) atoms. The maximum atomic E-state index is 12.9. The van der Waals surface area contributed by atoms with Gasteiger partial charge in [-0.3, -0.25) is 9.59 Å². The van der Waals surface area contributed by atoms with Crippen LogP contribution in [0.4, 0.5) is 10.1 Å². The molecular weight excluding hydrogens is 423 g/mol. The highest BCUT2D eigenvalue weighted by molar-refractivity contribution is 8.01. The standard InChI is InChI=1S/C18H14ClFN4O2S2/c19-12-3-1-2-11(8-12)9-21-15(25)10-27-18-24-23-17(28-18)16(26)22-14-6-4-13(20)5-7-14/h1-8H,9-10H2,(H,21,25)(H,22,26). The Morgan fingerprint density at radius 3 is 2.68 bits per heavy atom. The molecule has 2 N–H and O–H groups in total. The highest BCUT2D eigenvalue weighted by Crippen LogP contribution is 2.23. The van der Waals surface area contributed by atoms with Crippen molar-refractivity contribution in [1.82, 2.24) is 15.5 Å². The van der Waals surface area contributed by atoms with Crippen LogP contribution in [0.15, 0.2) is 52.9 Å². The Kier molecular flexibility index (Phi) is 6.96. The number of rotatable bonds is 7. The van der Waals surface area contributed by atoms with Crippen molar-refractivity contribution in [2.75, 3.05) is 11.1 Å². The number of carbonyl (C=O) groups is 2. The number of nitrogens with one attached hydrogen (secondary N) is 2. The van der Waals surface area contributed by atoms with E-state index < -0.39 is 5.91 Å². The predicted molar refractivity (Wildman–Crippen MR) is 108 cm³/mol. The first-order valence-corrected chi connectivity index (χ1v) is 10.2. The van der Waals surface area contributed by atoms with Gasteiger partial charge in [0.2, 0.25) is 10.9 Å². The van der Waals surface area contributed by atoms with E-state index in [0.29, 0.717) is 21.6 Å². The van der Waals surface area contributed by atoms with E-state index >= 15 is 0 Å². The molecular formula is C18H14ClFN4O2S2. The normalized spacial score (nSPS) is 10.5. The minimum atomic E-state index is -0.443. The van der Waals surface area contributed by atoms with Crippen LogP contribution in [0.1, 0.15) is 15.4 Å². The van der Waals surface area contributed by atoms with Crippen LogP contribution in [0.3, 0.4) is 0 Å². The van der Waals surface area contributed by atoms with Crippen LogP contribution in [-0.4, -0.2) is 27.8 Å². The summed E-state index contributed by atoms with van der Waals surface area (Å²) >= 11 is 8.18. The van der Waals surface area contributed by atoms with Gasteiger partial charge in [-0.05, 0) is 42.0 Å². The second-order valence-corrected chi connectivity index (χ2v) is 8.17. The van der Waals surface area contributed by atoms with E-state index in [2.05, 4.69) is 20.8 Å². The van der Waals surface area contributed by atoms with Crippen molar-refractivity contribution in [3.05, 3.63) is 69.9 Å². The fourth-order valence-corrected chi connectivity index (χ4v) is 3.89. The summed E-state index contributed by atoms with van der Waals surface area (Å²) in [6.45, 7) is 0.376. The molecule has 0 unspecified atom stereocenters. The number of benzene rings is 2. The first-order chi connectivity index (χ1) is 13.5. The summed E-state index contributed by atoms with van der Waals surface area (Å²) < 4.78 is 13.4. The summed E-state index contributed by atoms with van der Waals surface area (Å²) in [6, 6.07) is 12.6. The zero-order valence-corrected chi connectivity index (χ0v) is 16.7. The van der Waals surface area contributed by atoms with Gasteiger partial charge in [-0.2, -0.15) is 0 Å². The van der Waals surface area contributed by atoms with Gasteiger partial charge in [-0.25, -0.2) is 4.39 Å². The van der Waals surface area contributed by atoms with Crippen molar-refractivity contribution < 1.29 is 14.0 Å². The number of aromatic nitrogens is 2. The molecule has 0 aliphatic heterocycles. The summed E-state index contributed by atoms with van der Waals surface area (Å²) in [7, 11) is 0. The Labute approximate surface area is 173 Å². The Morgan fingerprint density at radius 1 is 1.14 bits per heavy atom. The van der Waals surface area contributed by atoms with Crippen molar-refractivity contribution in [2.24, 2.45) is 0 Å². The molecule has 0 bridgehead atoms. The fraction of sp³-hybridized carbons (Fsp3) is 0.111. The minimum absolute atomic E-state index is 0.148. The molecule has 0 aliphatic carbocycles. The molecule has 2 aromatic carbocycles. The summed E-state index contributed by atoms with van der Waals surface area (Å²) in [6.07, 6.45) is 0. The van der Waals surface area contributed by atoms with E-state index in [1.54, 1.807) is 12.1 Å². The zero-order valence-electron chi connectivity index (χ0n) is 14.3. The van der Waals surface area contributed by atoms with Crippen LogP contribution in [-0.2, 0) is 11.3 Å². The van der Waals surface area contributed by atoms with Crippen LogP contribution >= 0.6 is 34.7 Å². The molecule has 0 saturated carbocycles. The van der Waals surface area contributed by atoms with Crippen molar-refractivity contribution in [3.63, 3.8) is 0 Å². The van der Waals surface area contributed by atoms with Gasteiger partial charge in [0, 0.05) is 17.3 Å². The van der Waals surface area contributed by atoms with Crippen molar-refractivity contribution in [2.45, 2.75) is 10.9 Å². The average Bonchev–Trinajstić information content (AvgIpc) is 3.16. The molecule has 1 heterocycles. The van der Waals surface area contributed by atoms with Crippen LogP contribution in [0, 0.1) is 5.82 Å². The molecule has 3 aromatic rings. The molecule has 2 amide bonds. The number of hydrogen-bond donors (Lipinski definition) is 2. The second-order valence-electron chi connectivity index (χ2n) is 5.53. The summed E-state index contributed by atoms with van der Waals surface area (Å²) in [4.78, 5) is 24.1. The van der Waals surface area contributed by atoms with Crippen molar-refractivity contribution in [3.8, 4) is 0 Å². The lowest BCUT2D eigenvalue weighted by Gasteiger charge is -2.04. The third-order valence-electron chi connectivity index (χ3n) is 3.41. The molecule has 0 aliphatic rings. The van der Waals surface area contributed by atoms with Gasteiger partial charge in [0.15, 0.2) is 4.34 Å². The maximum Gasteiger partial charge on any atom is 0.286 e. The van der Waals surface area contributed by atoms with E-state index in [1.165, 1.54) is 36.0 Å². The number of nitrogens with zero attached hydrogens (tertiary/aromatic N) is 2. The molecule has 0 saturated heterocycles. The largest absolute Gasteiger partial charge is 0.351 e. The van der Waals surface area contributed by atoms with E-state index in [0.717, 1.165) is 16.9 Å². The molecule has 144 valence electrons. The molecule has 1 aromatic heterocycles. The Hall–Kier alpha value is -2.49. The van der Waals surface area contributed by atoms with Gasteiger partial charge in [0.1, 0.15) is 5.82 Å². The van der Waals surface area contributed by atoms with E-state index in [1.807, 2.05) is 12.1 Å². The first-order valence-electron chi connectivity index (χ1n) is 8.04. The van der Waals surface area contributed by atoms with Gasteiger partial charge in [-0.1, -0.05) is 46.8 Å². The third kappa shape index (κ3) is 6.01. The number of amides is 2. The molecule has 0 fully saturated rings. The van der Waals surface area contributed by atoms with E-state index in [-0.39, 0.29) is 22.5 Å². The van der Waals surface area contributed by atoms with Crippen molar-refractivity contribution >= 4 is 52.2 Å².